The maximum absolute atomic E-state index is 12.1. The summed E-state index contributed by atoms with van der Waals surface area (Å²) in [4.78, 5) is 12.1. The fourth-order valence-electron chi connectivity index (χ4n) is 1.89. The van der Waals surface area contributed by atoms with Crippen molar-refractivity contribution < 1.29 is 14.3 Å². The molecule has 20 heavy (non-hydrogen) atoms. The predicted octanol–water partition coefficient (Wildman–Crippen LogP) is 3.57. The van der Waals surface area contributed by atoms with Gasteiger partial charge in [-0.05, 0) is 43.2 Å². The molecule has 0 aliphatic rings. The third-order valence-corrected chi connectivity index (χ3v) is 3.09. The van der Waals surface area contributed by atoms with Gasteiger partial charge in [0.15, 0.2) is 12.4 Å². The minimum atomic E-state index is -0.0650. The van der Waals surface area contributed by atoms with E-state index in [4.69, 9.17) is 9.47 Å². The Balaban J connectivity index is 2.06. The van der Waals surface area contributed by atoms with Gasteiger partial charge in [0, 0.05) is 5.56 Å². The topological polar surface area (TPSA) is 35.5 Å². The van der Waals surface area contributed by atoms with Crippen molar-refractivity contribution >= 4 is 5.78 Å². The summed E-state index contributed by atoms with van der Waals surface area (Å²) in [6, 6.07) is 13.0. The average molecular weight is 270 g/mol. The fraction of sp³-hybridized carbons (Fsp3) is 0.235. The molecule has 0 fully saturated rings. The molecule has 0 atom stereocenters. The molecule has 3 heteroatoms. The second kappa shape index (κ2) is 6.24. The summed E-state index contributed by atoms with van der Waals surface area (Å²) in [5.74, 6) is 1.36. The van der Waals surface area contributed by atoms with Gasteiger partial charge in [0.2, 0.25) is 0 Å². The maximum atomic E-state index is 12.1. The highest BCUT2D eigenvalue weighted by Crippen LogP contribution is 2.20. The van der Waals surface area contributed by atoms with Crippen LogP contribution < -0.4 is 9.47 Å². The molecule has 2 rings (SSSR count). The van der Waals surface area contributed by atoms with E-state index in [1.54, 1.807) is 25.3 Å². The molecule has 0 radical (unpaired) electrons. The fourth-order valence-corrected chi connectivity index (χ4v) is 1.89. The summed E-state index contributed by atoms with van der Waals surface area (Å²) >= 11 is 0. The van der Waals surface area contributed by atoms with Gasteiger partial charge in [-0.25, -0.2) is 0 Å². The Hall–Kier alpha value is -2.29. The van der Waals surface area contributed by atoms with Crippen LogP contribution in [0.5, 0.6) is 11.5 Å². The second-order valence-corrected chi connectivity index (χ2v) is 4.71. The molecular weight excluding hydrogens is 252 g/mol. The number of rotatable bonds is 5. The molecule has 0 N–H and O–H groups in total. The van der Waals surface area contributed by atoms with E-state index in [0.29, 0.717) is 11.3 Å². The molecule has 0 aliphatic heterocycles. The number of hydrogen-bond donors (Lipinski definition) is 0. The van der Waals surface area contributed by atoms with Crippen molar-refractivity contribution in [3.8, 4) is 11.5 Å². The molecule has 0 bridgehead atoms. The molecule has 0 heterocycles. The molecule has 2 aromatic carbocycles. The van der Waals surface area contributed by atoms with E-state index < -0.39 is 0 Å². The highest BCUT2D eigenvalue weighted by molar-refractivity contribution is 5.97. The van der Waals surface area contributed by atoms with Crippen LogP contribution in [-0.4, -0.2) is 19.5 Å². The number of carbonyl (C=O) groups excluding carboxylic acids is 1. The zero-order valence-electron chi connectivity index (χ0n) is 12.0. The Labute approximate surface area is 119 Å². The van der Waals surface area contributed by atoms with Gasteiger partial charge in [0.1, 0.15) is 11.5 Å². The van der Waals surface area contributed by atoms with Crippen LogP contribution in [0.3, 0.4) is 0 Å². The lowest BCUT2D eigenvalue weighted by molar-refractivity contribution is 0.0920. The van der Waals surface area contributed by atoms with Crippen LogP contribution in [0.25, 0.3) is 0 Å². The van der Waals surface area contributed by atoms with E-state index in [2.05, 4.69) is 0 Å². The summed E-state index contributed by atoms with van der Waals surface area (Å²) in [5, 5.41) is 0. The minimum Gasteiger partial charge on any atom is -0.497 e. The largest absolute Gasteiger partial charge is 0.497 e. The number of methoxy groups -OCH3 is 1. The van der Waals surface area contributed by atoms with Gasteiger partial charge in [0.25, 0.3) is 0 Å². The third-order valence-electron chi connectivity index (χ3n) is 3.09. The number of carbonyl (C=O) groups is 1. The molecule has 0 unspecified atom stereocenters. The SMILES string of the molecule is COc1cccc(C(=O)COc2cc(C)ccc2C)c1. The van der Waals surface area contributed by atoms with Crippen LogP contribution >= 0.6 is 0 Å². The van der Waals surface area contributed by atoms with Gasteiger partial charge in [-0.2, -0.15) is 0 Å². The maximum Gasteiger partial charge on any atom is 0.200 e. The van der Waals surface area contributed by atoms with Crippen molar-refractivity contribution in [2.45, 2.75) is 13.8 Å². The van der Waals surface area contributed by atoms with Crippen LogP contribution in [0, 0.1) is 13.8 Å². The minimum absolute atomic E-state index is 0.0253. The van der Waals surface area contributed by atoms with Crippen LogP contribution in [-0.2, 0) is 0 Å². The molecule has 0 saturated carbocycles. The molecule has 0 aromatic heterocycles. The number of Topliss-reactive ketones (excluding diaryl/α,β-unsaturated/α-hetero) is 1. The molecule has 2 aromatic rings. The van der Waals surface area contributed by atoms with Gasteiger partial charge in [-0.1, -0.05) is 24.3 Å². The first-order valence-corrected chi connectivity index (χ1v) is 6.47. The third kappa shape index (κ3) is 3.38. The Kier molecular flexibility index (Phi) is 4.41. The number of ketones is 1. The average Bonchev–Trinajstić information content (AvgIpc) is 2.48. The van der Waals surface area contributed by atoms with Gasteiger partial charge in [-0.3, -0.25) is 4.79 Å². The second-order valence-electron chi connectivity index (χ2n) is 4.71. The first-order chi connectivity index (χ1) is 9.60. The highest BCUT2D eigenvalue weighted by atomic mass is 16.5. The van der Waals surface area contributed by atoms with E-state index in [-0.39, 0.29) is 12.4 Å². The predicted molar refractivity (Wildman–Crippen MR) is 78.7 cm³/mol. The van der Waals surface area contributed by atoms with Crippen molar-refractivity contribution in [2.75, 3.05) is 13.7 Å². The summed E-state index contributed by atoms with van der Waals surface area (Å²) < 4.78 is 10.7. The summed E-state index contributed by atoms with van der Waals surface area (Å²) in [7, 11) is 1.58. The number of hydrogen-bond acceptors (Lipinski definition) is 3. The van der Waals surface area contributed by atoms with Crippen LogP contribution in [0.2, 0.25) is 0 Å². The lowest BCUT2D eigenvalue weighted by Gasteiger charge is -2.09. The van der Waals surface area contributed by atoms with Crippen molar-refractivity contribution in [3.63, 3.8) is 0 Å². The Morgan fingerprint density at radius 3 is 2.65 bits per heavy atom. The zero-order valence-corrected chi connectivity index (χ0v) is 12.0. The Bertz CT molecular complexity index is 617. The van der Waals surface area contributed by atoms with E-state index in [1.807, 2.05) is 38.1 Å². The normalized spacial score (nSPS) is 10.2. The van der Waals surface area contributed by atoms with E-state index in [9.17, 15) is 4.79 Å². The first-order valence-electron chi connectivity index (χ1n) is 6.47. The molecule has 3 nitrogen and oxygen atoms in total. The quantitative estimate of drug-likeness (QED) is 0.779. The van der Waals surface area contributed by atoms with Crippen molar-refractivity contribution in [1.29, 1.82) is 0 Å². The van der Waals surface area contributed by atoms with Crippen LogP contribution in [0.1, 0.15) is 21.5 Å². The first kappa shape index (κ1) is 14.1. The number of benzene rings is 2. The van der Waals surface area contributed by atoms with Crippen molar-refractivity contribution in [2.24, 2.45) is 0 Å². The summed E-state index contributed by atoms with van der Waals surface area (Å²) in [6.45, 7) is 3.98. The van der Waals surface area contributed by atoms with E-state index in [1.165, 1.54) is 0 Å². The molecule has 104 valence electrons. The van der Waals surface area contributed by atoms with E-state index >= 15 is 0 Å². The zero-order chi connectivity index (χ0) is 14.5. The molecular formula is C17H18O3. The summed E-state index contributed by atoms with van der Waals surface area (Å²) in [6.07, 6.45) is 0. The van der Waals surface area contributed by atoms with Gasteiger partial charge < -0.3 is 9.47 Å². The molecule has 0 saturated heterocycles. The van der Waals surface area contributed by atoms with Crippen LogP contribution in [0.4, 0.5) is 0 Å². The molecule has 0 amide bonds. The molecule has 0 spiro atoms. The Morgan fingerprint density at radius 2 is 1.90 bits per heavy atom. The summed E-state index contributed by atoms with van der Waals surface area (Å²) in [5.41, 5.74) is 2.73. The van der Waals surface area contributed by atoms with E-state index in [0.717, 1.165) is 16.9 Å². The standard InChI is InChI=1S/C17H18O3/c1-12-7-8-13(2)17(9-12)20-11-16(18)14-5-4-6-15(10-14)19-3/h4-10H,11H2,1-3H3. The number of ether oxygens (including phenoxy) is 2. The van der Waals surface area contributed by atoms with Gasteiger partial charge in [0.05, 0.1) is 7.11 Å². The van der Waals surface area contributed by atoms with Crippen molar-refractivity contribution in [1.82, 2.24) is 0 Å². The monoisotopic (exact) mass is 270 g/mol. The van der Waals surface area contributed by atoms with Crippen molar-refractivity contribution in [3.05, 3.63) is 59.2 Å². The Morgan fingerprint density at radius 1 is 1.10 bits per heavy atom. The van der Waals surface area contributed by atoms with Gasteiger partial charge >= 0.3 is 0 Å². The van der Waals surface area contributed by atoms with Crippen LogP contribution in [0.15, 0.2) is 42.5 Å². The lowest BCUT2D eigenvalue weighted by atomic mass is 10.1. The lowest BCUT2D eigenvalue weighted by Crippen LogP contribution is -2.12. The molecule has 0 aliphatic carbocycles. The number of aryl methyl sites for hydroxylation is 2. The highest BCUT2D eigenvalue weighted by Gasteiger charge is 2.09. The smallest absolute Gasteiger partial charge is 0.200 e. The van der Waals surface area contributed by atoms with Gasteiger partial charge in [-0.15, -0.1) is 0 Å².